The molecule has 3 rings (SSSR count). The minimum absolute atomic E-state index is 0.000833. The zero-order valence-corrected chi connectivity index (χ0v) is 9.39. The predicted octanol–water partition coefficient (Wildman–Crippen LogP) is 1.47. The highest BCUT2D eigenvalue weighted by Gasteiger charge is 2.47. The maximum atomic E-state index is 6.48. The molecule has 3 heteroatoms. The Hall–Kier alpha value is -0.120. The van der Waals surface area contributed by atoms with Crippen molar-refractivity contribution in [2.45, 2.75) is 49.7 Å². The third-order valence-corrected chi connectivity index (χ3v) is 4.13. The molecule has 0 radical (unpaired) electrons. The monoisotopic (exact) mass is 211 g/mol. The molecule has 0 aromatic carbocycles. The Kier molecular flexibility index (Phi) is 2.49. The Bertz CT molecular complexity index is 224. The van der Waals surface area contributed by atoms with Crippen LogP contribution in [0.5, 0.6) is 0 Å². The molecule has 0 bridgehead atoms. The van der Waals surface area contributed by atoms with E-state index in [0.717, 1.165) is 32.7 Å². The van der Waals surface area contributed by atoms with Crippen LogP contribution in [0.1, 0.15) is 38.5 Å². The molecule has 1 N–H and O–H groups in total. The second-order valence-corrected chi connectivity index (χ2v) is 5.43. The molecule has 1 aliphatic carbocycles. The molecule has 86 valence electrons. The predicted molar refractivity (Wildman–Crippen MR) is 57.9 cm³/mol. The van der Waals surface area contributed by atoms with E-state index in [1.54, 1.807) is 0 Å². The first-order valence-corrected chi connectivity index (χ1v) is 6.31. The lowest BCUT2D eigenvalue weighted by atomic mass is 9.90. The molecule has 2 saturated heterocycles. The fraction of sp³-hybridized carbons (Fsp3) is 1.00. The summed E-state index contributed by atoms with van der Waals surface area (Å²) in [6.45, 7) is 3.74. The molecule has 0 aromatic heterocycles. The Morgan fingerprint density at radius 3 is 2.33 bits per heavy atom. The van der Waals surface area contributed by atoms with Gasteiger partial charge in [0.2, 0.25) is 0 Å². The molecule has 2 spiro atoms. The summed E-state index contributed by atoms with van der Waals surface area (Å²) in [6.07, 6.45) is 7.46. The van der Waals surface area contributed by atoms with Gasteiger partial charge in [-0.3, -0.25) is 0 Å². The molecule has 2 aliphatic heterocycles. The normalized spacial score (nSPS) is 40.0. The van der Waals surface area contributed by atoms with Gasteiger partial charge in [-0.2, -0.15) is 0 Å². The van der Waals surface area contributed by atoms with Crippen molar-refractivity contribution in [2.75, 3.05) is 26.3 Å². The van der Waals surface area contributed by atoms with E-state index in [4.69, 9.17) is 9.47 Å². The van der Waals surface area contributed by atoms with E-state index >= 15 is 0 Å². The van der Waals surface area contributed by atoms with Gasteiger partial charge in [0.15, 0.2) is 0 Å². The van der Waals surface area contributed by atoms with Crippen LogP contribution >= 0.6 is 0 Å². The number of morpholine rings is 1. The van der Waals surface area contributed by atoms with Gasteiger partial charge >= 0.3 is 0 Å². The fourth-order valence-electron chi connectivity index (χ4n) is 3.39. The molecule has 1 saturated carbocycles. The van der Waals surface area contributed by atoms with Crippen molar-refractivity contribution in [3.05, 3.63) is 0 Å². The average molecular weight is 211 g/mol. The summed E-state index contributed by atoms with van der Waals surface area (Å²) < 4.78 is 12.1. The molecule has 2 heterocycles. The Balaban J connectivity index is 1.74. The molecular formula is C12H21NO2. The molecule has 0 aromatic rings. The summed E-state index contributed by atoms with van der Waals surface area (Å²) >= 11 is 0. The standard InChI is InChI=1S/C12H21NO2/c1-2-5-11(4-1)8-13-9-12(15-11)6-3-7-14-10-12/h13H,1-10H2. The number of hydrogen-bond donors (Lipinski definition) is 1. The summed E-state index contributed by atoms with van der Waals surface area (Å²) in [4.78, 5) is 0. The van der Waals surface area contributed by atoms with E-state index in [-0.39, 0.29) is 11.2 Å². The van der Waals surface area contributed by atoms with Gasteiger partial charge in [-0.15, -0.1) is 0 Å². The lowest BCUT2D eigenvalue weighted by Crippen LogP contribution is -2.62. The maximum absolute atomic E-state index is 6.48. The minimum atomic E-state index is 0.000833. The minimum Gasteiger partial charge on any atom is -0.378 e. The second kappa shape index (κ2) is 3.72. The van der Waals surface area contributed by atoms with Crippen LogP contribution in [0.4, 0.5) is 0 Å². The van der Waals surface area contributed by atoms with Crippen LogP contribution in [0.15, 0.2) is 0 Å². The van der Waals surface area contributed by atoms with Gasteiger partial charge in [0.1, 0.15) is 5.60 Å². The van der Waals surface area contributed by atoms with Gasteiger partial charge in [-0.25, -0.2) is 0 Å². The topological polar surface area (TPSA) is 30.5 Å². The van der Waals surface area contributed by atoms with Crippen molar-refractivity contribution in [3.63, 3.8) is 0 Å². The highest BCUT2D eigenvalue weighted by atomic mass is 16.6. The van der Waals surface area contributed by atoms with Crippen molar-refractivity contribution in [1.82, 2.24) is 5.32 Å². The smallest absolute Gasteiger partial charge is 0.105 e. The van der Waals surface area contributed by atoms with E-state index in [1.807, 2.05) is 0 Å². The zero-order valence-electron chi connectivity index (χ0n) is 9.39. The largest absolute Gasteiger partial charge is 0.378 e. The van der Waals surface area contributed by atoms with Crippen LogP contribution in [0.3, 0.4) is 0 Å². The van der Waals surface area contributed by atoms with Crippen LogP contribution in [-0.4, -0.2) is 37.5 Å². The first kappa shape index (κ1) is 10.1. The van der Waals surface area contributed by atoms with Gasteiger partial charge < -0.3 is 14.8 Å². The van der Waals surface area contributed by atoms with Crippen molar-refractivity contribution in [3.8, 4) is 0 Å². The summed E-state index contributed by atoms with van der Waals surface area (Å²) in [5, 5.41) is 3.57. The number of nitrogens with one attached hydrogen (secondary N) is 1. The van der Waals surface area contributed by atoms with Gasteiger partial charge in [0.25, 0.3) is 0 Å². The number of hydrogen-bond acceptors (Lipinski definition) is 3. The van der Waals surface area contributed by atoms with Gasteiger partial charge in [0, 0.05) is 19.7 Å². The molecule has 1 atom stereocenters. The highest BCUT2D eigenvalue weighted by Crippen LogP contribution is 2.40. The van der Waals surface area contributed by atoms with Crippen LogP contribution in [0.2, 0.25) is 0 Å². The highest BCUT2D eigenvalue weighted by molar-refractivity contribution is 4.99. The molecular weight excluding hydrogens is 190 g/mol. The summed E-state index contributed by atoms with van der Waals surface area (Å²) in [5.74, 6) is 0. The quantitative estimate of drug-likeness (QED) is 0.658. The van der Waals surface area contributed by atoms with Crippen LogP contribution in [0.25, 0.3) is 0 Å². The third-order valence-electron chi connectivity index (χ3n) is 4.13. The molecule has 0 amide bonds. The number of rotatable bonds is 0. The number of ether oxygens (including phenoxy) is 2. The maximum Gasteiger partial charge on any atom is 0.105 e. The summed E-state index contributed by atoms with van der Waals surface area (Å²) in [7, 11) is 0. The van der Waals surface area contributed by atoms with E-state index < -0.39 is 0 Å². The van der Waals surface area contributed by atoms with Crippen LogP contribution in [-0.2, 0) is 9.47 Å². The van der Waals surface area contributed by atoms with Crippen molar-refractivity contribution in [1.29, 1.82) is 0 Å². The van der Waals surface area contributed by atoms with Crippen LogP contribution in [0, 0.1) is 0 Å². The molecule has 3 nitrogen and oxygen atoms in total. The first-order valence-electron chi connectivity index (χ1n) is 6.31. The molecule has 1 unspecified atom stereocenters. The molecule has 3 fully saturated rings. The van der Waals surface area contributed by atoms with E-state index in [2.05, 4.69) is 5.32 Å². The van der Waals surface area contributed by atoms with Crippen LogP contribution < -0.4 is 5.32 Å². The van der Waals surface area contributed by atoms with E-state index in [0.29, 0.717) is 0 Å². The van der Waals surface area contributed by atoms with E-state index in [9.17, 15) is 0 Å². The molecule has 15 heavy (non-hydrogen) atoms. The average Bonchev–Trinajstić information content (AvgIpc) is 2.67. The summed E-state index contributed by atoms with van der Waals surface area (Å²) in [5.41, 5.74) is 0.153. The first-order chi connectivity index (χ1) is 7.33. The molecule has 3 aliphatic rings. The SMILES string of the molecule is C1CCC2(C1)CNCC1(CCCOC1)O2. The van der Waals surface area contributed by atoms with Crippen molar-refractivity contribution in [2.24, 2.45) is 0 Å². The van der Waals surface area contributed by atoms with Gasteiger partial charge in [-0.05, 0) is 25.7 Å². The zero-order chi connectivity index (χ0) is 10.2. The summed E-state index contributed by atoms with van der Waals surface area (Å²) in [6, 6.07) is 0. The van der Waals surface area contributed by atoms with Gasteiger partial charge in [0.05, 0.1) is 12.2 Å². The van der Waals surface area contributed by atoms with Crippen molar-refractivity contribution < 1.29 is 9.47 Å². The van der Waals surface area contributed by atoms with Gasteiger partial charge in [-0.1, -0.05) is 12.8 Å². The lowest BCUT2D eigenvalue weighted by Gasteiger charge is -2.48. The Morgan fingerprint density at radius 2 is 1.60 bits per heavy atom. The Labute approximate surface area is 91.5 Å². The van der Waals surface area contributed by atoms with Crippen molar-refractivity contribution >= 4 is 0 Å². The second-order valence-electron chi connectivity index (χ2n) is 5.43. The van der Waals surface area contributed by atoms with E-state index in [1.165, 1.54) is 32.1 Å². The lowest BCUT2D eigenvalue weighted by molar-refractivity contribution is -0.215. The third kappa shape index (κ3) is 1.81. The Morgan fingerprint density at radius 1 is 0.867 bits per heavy atom. The fourth-order valence-corrected chi connectivity index (χ4v) is 3.39.